The highest BCUT2D eigenvalue weighted by Gasteiger charge is 2.16. The van der Waals surface area contributed by atoms with Crippen molar-refractivity contribution in [3.8, 4) is 53.3 Å². The van der Waals surface area contributed by atoms with Crippen LogP contribution in [0.5, 0.6) is 11.5 Å². The zero-order valence-electron chi connectivity index (χ0n) is 17.1. The minimum Gasteiger partial charge on any atom is -0.508 e. The van der Waals surface area contributed by atoms with E-state index in [0.717, 1.165) is 52.8 Å². The first kappa shape index (κ1) is 20.1. The molecule has 0 unspecified atom stereocenters. The van der Waals surface area contributed by atoms with Crippen molar-refractivity contribution < 1.29 is 10.2 Å². The van der Waals surface area contributed by atoms with E-state index in [1.54, 1.807) is 46.9 Å². The maximum absolute atomic E-state index is 9.56. The van der Waals surface area contributed by atoms with Crippen LogP contribution in [0.15, 0.2) is 84.9 Å². The van der Waals surface area contributed by atoms with Gasteiger partial charge in [0.2, 0.25) is 0 Å². The Bertz CT molecular complexity index is 1460. The molecular weight excluding hydrogens is 468 g/mol. The van der Waals surface area contributed by atoms with Crippen LogP contribution in [0.4, 0.5) is 0 Å². The highest BCUT2D eigenvalue weighted by molar-refractivity contribution is 7.19. The van der Waals surface area contributed by atoms with Gasteiger partial charge >= 0.3 is 0 Å². The number of aromatic nitrogens is 2. The van der Waals surface area contributed by atoms with Gasteiger partial charge in [0.05, 0.1) is 11.7 Å². The third-order valence-corrected chi connectivity index (χ3v) is 8.33. The number of fused-ring (bicyclic) bond motifs is 1. The fourth-order valence-corrected chi connectivity index (χ4v) is 6.44. The summed E-state index contributed by atoms with van der Waals surface area (Å²) in [5.41, 5.74) is 6.13. The lowest BCUT2D eigenvalue weighted by Crippen LogP contribution is -1.81. The molecule has 0 saturated heterocycles. The molecule has 0 aliphatic rings. The molecule has 3 aromatic carbocycles. The van der Waals surface area contributed by atoms with Gasteiger partial charge in [0, 0.05) is 30.6 Å². The van der Waals surface area contributed by atoms with Gasteiger partial charge in [-0.05, 0) is 83.9 Å². The van der Waals surface area contributed by atoms with E-state index in [-0.39, 0.29) is 11.5 Å². The van der Waals surface area contributed by atoms with Crippen molar-refractivity contribution in [1.82, 2.24) is 8.75 Å². The Kier molecular flexibility index (Phi) is 4.95. The van der Waals surface area contributed by atoms with Gasteiger partial charge in [0.25, 0.3) is 0 Å². The van der Waals surface area contributed by atoms with Crippen molar-refractivity contribution in [3.63, 3.8) is 0 Å². The van der Waals surface area contributed by atoms with Gasteiger partial charge in [0.15, 0.2) is 0 Å². The Hall–Kier alpha value is -3.52. The molecule has 7 heteroatoms. The summed E-state index contributed by atoms with van der Waals surface area (Å²) in [7, 11) is 0. The van der Waals surface area contributed by atoms with E-state index in [2.05, 4.69) is 45.1 Å². The maximum atomic E-state index is 9.56. The van der Waals surface area contributed by atoms with Gasteiger partial charge in [-0.3, -0.25) is 0 Å². The Balaban J connectivity index is 1.38. The molecule has 3 aromatic heterocycles. The molecular formula is C26H16N2O2S3. The Morgan fingerprint density at radius 3 is 1.27 bits per heavy atom. The lowest BCUT2D eigenvalue weighted by Gasteiger charge is -2.04. The molecule has 3 heterocycles. The number of phenolic OH excluding ortho intramolecular Hbond substituents is 2. The lowest BCUT2D eigenvalue weighted by molar-refractivity contribution is 0.475. The summed E-state index contributed by atoms with van der Waals surface area (Å²) in [4.78, 5) is 4.56. The third kappa shape index (κ3) is 3.70. The van der Waals surface area contributed by atoms with E-state index in [0.29, 0.717) is 0 Å². The van der Waals surface area contributed by atoms with E-state index in [9.17, 15) is 10.2 Å². The van der Waals surface area contributed by atoms with E-state index in [1.807, 2.05) is 24.3 Å². The molecule has 4 nitrogen and oxygen atoms in total. The van der Waals surface area contributed by atoms with E-state index >= 15 is 0 Å². The summed E-state index contributed by atoms with van der Waals surface area (Å²) in [6, 6.07) is 27.3. The monoisotopic (exact) mass is 484 g/mol. The highest BCUT2D eigenvalue weighted by atomic mass is 32.1. The first-order chi connectivity index (χ1) is 16.2. The van der Waals surface area contributed by atoms with Crippen molar-refractivity contribution in [1.29, 1.82) is 0 Å². The Labute approximate surface area is 202 Å². The number of phenols is 2. The zero-order chi connectivity index (χ0) is 22.4. The fraction of sp³-hybridized carbons (Fsp3) is 0. The molecule has 0 aliphatic carbocycles. The number of thiophene rings is 2. The fourth-order valence-electron chi connectivity index (χ4n) is 3.79. The van der Waals surface area contributed by atoms with Crippen LogP contribution in [0.3, 0.4) is 0 Å². The van der Waals surface area contributed by atoms with E-state index in [4.69, 9.17) is 0 Å². The average Bonchev–Trinajstić information content (AvgIpc) is 3.60. The minimum atomic E-state index is 0.267. The molecule has 160 valence electrons. The number of nitrogens with zero attached hydrogens (tertiary/aromatic N) is 2. The molecule has 33 heavy (non-hydrogen) atoms. The smallest absolute Gasteiger partial charge is 0.115 e. The summed E-state index contributed by atoms with van der Waals surface area (Å²) < 4.78 is 9.26. The standard InChI is InChI=1S/C26H16N2O2S3/c29-17-5-1-15(2-6-17)21-11-13-23(31-21)19-9-10-20(26-25(19)27-33-28-26)24-14-12-22(32-24)16-3-7-18(30)8-4-16/h1-14,29-30H. The summed E-state index contributed by atoms with van der Waals surface area (Å²) in [6.07, 6.45) is 0. The molecule has 0 bridgehead atoms. The van der Waals surface area contributed by atoms with Crippen molar-refractivity contribution in [2.45, 2.75) is 0 Å². The van der Waals surface area contributed by atoms with Crippen LogP contribution in [0.1, 0.15) is 0 Å². The second kappa shape index (κ2) is 8.12. The minimum absolute atomic E-state index is 0.267. The summed E-state index contributed by atoms with van der Waals surface area (Å²) in [5, 5.41) is 19.1. The second-order valence-electron chi connectivity index (χ2n) is 7.54. The molecule has 2 N–H and O–H groups in total. The maximum Gasteiger partial charge on any atom is 0.115 e. The van der Waals surface area contributed by atoms with Gasteiger partial charge in [0.1, 0.15) is 22.5 Å². The summed E-state index contributed by atoms with van der Waals surface area (Å²) >= 11 is 4.64. The quantitative estimate of drug-likeness (QED) is 0.267. The molecule has 0 fully saturated rings. The van der Waals surface area contributed by atoms with Crippen molar-refractivity contribution in [3.05, 3.63) is 84.9 Å². The topological polar surface area (TPSA) is 66.2 Å². The molecule has 0 amide bonds. The summed E-state index contributed by atoms with van der Waals surface area (Å²) in [5.74, 6) is 0.534. The van der Waals surface area contributed by atoms with Gasteiger partial charge in [-0.1, -0.05) is 12.1 Å². The molecule has 0 aliphatic heterocycles. The van der Waals surface area contributed by atoms with Crippen LogP contribution in [0.25, 0.3) is 52.8 Å². The first-order valence-corrected chi connectivity index (χ1v) is 12.6. The van der Waals surface area contributed by atoms with Crippen LogP contribution in [0.2, 0.25) is 0 Å². The van der Waals surface area contributed by atoms with Crippen LogP contribution in [0, 0.1) is 0 Å². The van der Waals surface area contributed by atoms with Gasteiger partial charge in [-0.15, -0.1) is 22.7 Å². The molecule has 0 spiro atoms. The predicted molar refractivity (Wildman–Crippen MR) is 138 cm³/mol. The first-order valence-electron chi connectivity index (χ1n) is 10.2. The number of aromatic hydroxyl groups is 2. The molecule has 0 saturated carbocycles. The van der Waals surface area contributed by atoms with Crippen molar-refractivity contribution in [2.75, 3.05) is 0 Å². The van der Waals surface area contributed by atoms with E-state index < -0.39 is 0 Å². The number of rotatable bonds is 4. The number of hydrogen-bond donors (Lipinski definition) is 2. The summed E-state index contributed by atoms with van der Waals surface area (Å²) in [6.45, 7) is 0. The lowest BCUT2D eigenvalue weighted by atomic mass is 10.1. The molecule has 0 radical (unpaired) electrons. The van der Waals surface area contributed by atoms with Crippen LogP contribution in [-0.4, -0.2) is 19.0 Å². The van der Waals surface area contributed by atoms with Crippen LogP contribution < -0.4 is 0 Å². The average molecular weight is 485 g/mol. The zero-order valence-corrected chi connectivity index (χ0v) is 19.5. The largest absolute Gasteiger partial charge is 0.508 e. The van der Waals surface area contributed by atoms with Gasteiger partial charge < -0.3 is 10.2 Å². The van der Waals surface area contributed by atoms with Gasteiger partial charge in [-0.25, -0.2) is 0 Å². The van der Waals surface area contributed by atoms with Crippen LogP contribution >= 0.6 is 34.4 Å². The predicted octanol–water partition coefficient (Wildman–Crippen LogP) is 7.89. The van der Waals surface area contributed by atoms with Crippen LogP contribution in [-0.2, 0) is 0 Å². The SMILES string of the molecule is Oc1ccc(-c2ccc(-c3ccc(-c4ccc(-c5ccc(O)cc5)s4)c4nsnc34)s2)cc1. The highest BCUT2D eigenvalue weighted by Crippen LogP contribution is 2.42. The third-order valence-electron chi connectivity index (χ3n) is 5.46. The second-order valence-corrected chi connectivity index (χ2v) is 10.2. The number of hydrogen-bond acceptors (Lipinski definition) is 7. The van der Waals surface area contributed by atoms with Crippen molar-refractivity contribution in [2.24, 2.45) is 0 Å². The molecule has 0 atom stereocenters. The van der Waals surface area contributed by atoms with E-state index in [1.165, 1.54) is 11.7 Å². The molecule has 6 rings (SSSR count). The Morgan fingerprint density at radius 1 is 0.455 bits per heavy atom. The van der Waals surface area contributed by atoms with Gasteiger partial charge in [-0.2, -0.15) is 8.75 Å². The normalized spacial score (nSPS) is 11.3. The number of benzene rings is 3. The Morgan fingerprint density at radius 2 is 0.848 bits per heavy atom. The molecule has 6 aromatic rings. The van der Waals surface area contributed by atoms with Crippen molar-refractivity contribution >= 4 is 45.4 Å².